The molecule has 0 spiro atoms. The van der Waals surface area contributed by atoms with E-state index < -0.39 is 6.10 Å². The Morgan fingerprint density at radius 1 is 1.40 bits per heavy atom. The van der Waals surface area contributed by atoms with E-state index in [1.54, 1.807) is 18.2 Å². The van der Waals surface area contributed by atoms with Gasteiger partial charge >= 0.3 is 0 Å². The van der Waals surface area contributed by atoms with Gasteiger partial charge in [-0.3, -0.25) is 0 Å². The van der Waals surface area contributed by atoms with Crippen LogP contribution in [0.5, 0.6) is 0 Å². The summed E-state index contributed by atoms with van der Waals surface area (Å²) in [5.41, 5.74) is 1.14. The van der Waals surface area contributed by atoms with Crippen LogP contribution in [-0.2, 0) is 9.47 Å². The molecule has 2 N–H and O–H groups in total. The molecular formula is C14H19ClN2O3. The van der Waals surface area contributed by atoms with Crippen LogP contribution in [0.15, 0.2) is 18.2 Å². The van der Waals surface area contributed by atoms with Gasteiger partial charge in [-0.1, -0.05) is 11.6 Å². The van der Waals surface area contributed by atoms with Gasteiger partial charge in [0.2, 0.25) is 0 Å². The minimum atomic E-state index is -0.654. The molecule has 1 atom stereocenters. The number of hydrogen-bond acceptors (Lipinski definition) is 5. The second kappa shape index (κ2) is 9.56. The highest BCUT2D eigenvalue weighted by molar-refractivity contribution is 6.33. The summed E-state index contributed by atoms with van der Waals surface area (Å²) in [5, 5.41) is 22.1. The molecule has 5 nitrogen and oxygen atoms in total. The van der Waals surface area contributed by atoms with Crippen molar-refractivity contribution in [2.75, 3.05) is 38.3 Å². The normalized spacial score (nSPS) is 11.9. The highest BCUT2D eigenvalue weighted by Crippen LogP contribution is 2.22. The maximum Gasteiger partial charge on any atom is 0.0992 e. The zero-order valence-corrected chi connectivity index (χ0v) is 12.2. The first-order valence-corrected chi connectivity index (χ1v) is 6.82. The van der Waals surface area contributed by atoms with Crippen molar-refractivity contribution in [3.05, 3.63) is 28.8 Å². The quantitative estimate of drug-likeness (QED) is 0.682. The number of ether oxygens (including phenoxy) is 2. The van der Waals surface area contributed by atoms with E-state index in [2.05, 4.69) is 5.32 Å². The van der Waals surface area contributed by atoms with Crippen LogP contribution in [0.1, 0.15) is 12.5 Å². The van der Waals surface area contributed by atoms with Gasteiger partial charge in [0, 0.05) is 13.2 Å². The molecule has 0 radical (unpaired) electrons. The van der Waals surface area contributed by atoms with Crippen molar-refractivity contribution in [1.29, 1.82) is 5.26 Å². The van der Waals surface area contributed by atoms with E-state index in [1.165, 1.54) is 0 Å². The Balaban J connectivity index is 2.30. The van der Waals surface area contributed by atoms with E-state index in [9.17, 15) is 5.11 Å². The standard InChI is InChI=1S/C14H19ClN2O3/c1-2-19-5-6-20-10-12(18)9-17-14-7-11(8-16)3-4-13(14)15/h3-4,7,12,17-18H,2,5-6,9-10H2,1H3. The van der Waals surface area contributed by atoms with Crippen LogP contribution in [0.4, 0.5) is 5.69 Å². The molecule has 0 heterocycles. The van der Waals surface area contributed by atoms with Crippen LogP contribution in [0.25, 0.3) is 0 Å². The fraction of sp³-hybridized carbons (Fsp3) is 0.500. The van der Waals surface area contributed by atoms with Crippen molar-refractivity contribution in [1.82, 2.24) is 0 Å². The first-order valence-electron chi connectivity index (χ1n) is 6.44. The number of nitrogens with one attached hydrogen (secondary N) is 1. The Morgan fingerprint density at radius 2 is 2.15 bits per heavy atom. The van der Waals surface area contributed by atoms with Gasteiger partial charge in [0.05, 0.1) is 48.3 Å². The number of nitriles is 1. The summed E-state index contributed by atoms with van der Waals surface area (Å²) in [4.78, 5) is 0. The second-order valence-corrected chi connectivity index (χ2v) is 4.52. The van der Waals surface area contributed by atoms with Gasteiger partial charge in [-0.2, -0.15) is 5.26 Å². The van der Waals surface area contributed by atoms with Crippen LogP contribution in [0, 0.1) is 11.3 Å². The summed E-state index contributed by atoms with van der Waals surface area (Å²) in [6, 6.07) is 6.97. The summed E-state index contributed by atoms with van der Waals surface area (Å²) in [6.45, 7) is 4.06. The third kappa shape index (κ3) is 6.22. The minimum Gasteiger partial charge on any atom is -0.389 e. The van der Waals surface area contributed by atoms with Crippen LogP contribution < -0.4 is 5.32 Å². The van der Waals surface area contributed by atoms with E-state index in [4.69, 9.17) is 26.3 Å². The molecule has 0 saturated carbocycles. The Kier molecular flexibility index (Phi) is 8.00. The number of aliphatic hydroxyl groups excluding tert-OH is 1. The number of hydrogen-bond donors (Lipinski definition) is 2. The smallest absolute Gasteiger partial charge is 0.0992 e. The SMILES string of the molecule is CCOCCOCC(O)CNc1cc(C#N)ccc1Cl. The largest absolute Gasteiger partial charge is 0.389 e. The summed E-state index contributed by atoms with van der Waals surface area (Å²) in [5.74, 6) is 0. The fourth-order valence-corrected chi connectivity index (χ4v) is 1.68. The topological polar surface area (TPSA) is 74.5 Å². The zero-order valence-electron chi connectivity index (χ0n) is 11.4. The number of halogens is 1. The van der Waals surface area contributed by atoms with Crippen molar-refractivity contribution < 1.29 is 14.6 Å². The molecule has 20 heavy (non-hydrogen) atoms. The predicted molar refractivity (Wildman–Crippen MR) is 78.0 cm³/mol. The molecule has 1 aromatic carbocycles. The average molecular weight is 299 g/mol. The Labute approximate surface area is 124 Å². The summed E-state index contributed by atoms with van der Waals surface area (Å²) in [6.07, 6.45) is -0.654. The van der Waals surface area contributed by atoms with Gasteiger partial charge in [0.15, 0.2) is 0 Å². The lowest BCUT2D eigenvalue weighted by atomic mass is 10.2. The monoisotopic (exact) mass is 298 g/mol. The Bertz CT molecular complexity index is 449. The molecule has 1 unspecified atom stereocenters. The lowest BCUT2D eigenvalue weighted by Gasteiger charge is -2.14. The molecule has 1 aromatic rings. The van der Waals surface area contributed by atoms with Gasteiger partial charge in [-0.05, 0) is 25.1 Å². The maximum atomic E-state index is 9.75. The lowest BCUT2D eigenvalue weighted by molar-refractivity contribution is 0.0103. The van der Waals surface area contributed by atoms with Crippen LogP contribution in [-0.4, -0.2) is 44.2 Å². The maximum absolute atomic E-state index is 9.75. The number of anilines is 1. The van der Waals surface area contributed by atoms with Gasteiger partial charge in [0.1, 0.15) is 0 Å². The molecular weight excluding hydrogens is 280 g/mol. The molecule has 0 amide bonds. The van der Waals surface area contributed by atoms with Crippen molar-refractivity contribution in [2.45, 2.75) is 13.0 Å². The molecule has 0 aliphatic carbocycles. The molecule has 0 bridgehead atoms. The summed E-state index contributed by atoms with van der Waals surface area (Å²) < 4.78 is 10.4. The van der Waals surface area contributed by atoms with Crippen molar-refractivity contribution in [2.24, 2.45) is 0 Å². The van der Waals surface area contributed by atoms with E-state index in [1.807, 2.05) is 13.0 Å². The Hall–Kier alpha value is -1.32. The van der Waals surface area contributed by atoms with Crippen molar-refractivity contribution in [3.8, 4) is 6.07 Å². The number of aliphatic hydroxyl groups is 1. The lowest BCUT2D eigenvalue weighted by Crippen LogP contribution is -2.25. The predicted octanol–water partition coefficient (Wildman–Crippen LogP) is 2.04. The molecule has 0 aromatic heterocycles. The summed E-state index contributed by atoms with van der Waals surface area (Å²) >= 11 is 6.00. The molecule has 6 heteroatoms. The first-order chi connectivity index (χ1) is 9.67. The zero-order chi connectivity index (χ0) is 14.8. The van der Waals surface area contributed by atoms with Crippen LogP contribution in [0.2, 0.25) is 5.02 Å². The Morgan fingerprint density at radius 3 is 2.85 bits per heavy atom. The first kappa shape index (κ1) is 16.7. The fourth-order valence-electron chi connectivity index (χ4n) is 1.50. The third-order valence-corrected chi connectivity index (χ3v) is 2.84. The van der Waals surface area contributed by atoms with Crippen molar-refractivity contribution in [3.63, 3.8) is 0 Å². The molecule has 0 fully saturated rings. The number of benzene rings is 1. The second-order valence-electron chi connectivity index (χ2n) is 4.11. The van der Waals surface area contributed by atoms with E-state index in [0.29, 0.717) is 42.6 Å². The molecule has 110 valence electrons. The van der Waals surface area contributed by atoms with E-state index >= 15 is 0 Å². The van der Waals surface area contributed by atoms with E-state index in [-0.39, 0.29) is 6.61 Å². The molecule has 1 rings (SSSR count). The van der Waals surface area contributed by atoms with Crippen LogP contribution in [0.3, 0.4) is 0 Å². The van der Waals surface area contributed by atoms with Crippen molar-refractivity contribution >= 4 is 17.3 Å². The van der Waals surface area contributed by atoms with Gasteiger partial charge in [0.25, 0.3) is 0 Å². The van der Waals surface area contributed by atoms with Crippen LogP contribution >= 0.6 is 11.6 Å². The number of nitrogens with zero attached hydrogens (tertiary/aromatic N) is 1. The molecule has 0 aliphatic heterocycles. The van der Waals surface area contributed by atoms with Gasteiger partial charge < -0.3 is 19.9 Å². The number of rotatable bonds is 9. The molecule has 0 saturated heterocycles. The van der Waals surface area contributed by atoms with Gasteiger partial charge in [-0.15, -0.1) is 0 Å². The summed E-state index contributed by atoms with van der Waals surface area (Å²) in [7, 11) is 0. The van der Waals surface area contributed by atoms with Gasteiger partial charge in [-0.25, -0.2) is 0 Å². The minimum absolute atomic E-state index is 0.218. The third-order valence-electron chi connectivity index (χ3n) is 2.51. The highest BCUT2D eigenvalue weighted by Gasteiger charge is 2.07. The average Bonchev–Trinajstić information content (AvgIpc) is 2.46. The highest BCUT2D eigenvalue weighted by atomic mass is 35.5. The molecule has 0 aliphatic rings. The van der Waals surface area contributed by atoms with E-state index in [0.717, 1.165) is 0 Å².